The van der Waals surface area contributed by atoms with Gasteiger partial charge in [0, 0.05) is 31.9 Å². The van der Waals surface area contributed by atoms with Gasteiger partial charge in [-0.25, -0.2) is 4.98 Å². The zero-order chi connectivity index (χ0) is 19.3. The van der Waals surface area contributed by atoms with E-state index in [1.165, 1.54) is 22.3 Å². The molecule has 1 unspecified atom stereocenters. The molecule has 0 bridgehead atoms. The van der Waals surface area contributed by atoms with Crippen molar-refractivity contribution in [2.75, 3.05) is 31.1 Å². The SMILES string of the molecule is Cc1cc(C)nc(N2CCC3(CCN(CC4=CCc5ccccc54)C3=O)C2)c1. The van der Waals surface area contributed by atoms with Gasteiger partial charge in [-0.15, -0.1) is 0 Å². The van der Waals surface area contributed by atoms with Gasteiger partial charge >= 0.3 is 0 Å². The average Bonchev–Trinajstić information content (AvgIpc) is 3.36. The molecule has 2 aliphatic heterocycles. The number of fused-ring (bicyclic) bond motifs is 1. The second-order valence-corrected chi connectivity index (χ2v) is 8.66. The highest BCUT2D eigenvalue weighted by atomic mass is 16.2. The van der Waals surface area contributed by atoms with Gasteiger partial charge in [-0.3, -0.25) is 4.79 Å². The van der Waals surface area contributed by atoms with Crippen LogP contribution >= 0.6 is 0 Å². The predicted molar refractivity (Wildman–Crippen MR) is 112 cm³/mol. The van der Waals surface area contributed by atoms with Crippen LogP contribution < -0.4 is 4.90 Å². The Morgan fingerprint density at radius 2 is 1.93 bits per heavy atom. The maximum atomic E-state index is 13.4. The first-order chi connectivity index (χ1) is 13.5. The zero-order valence-corrected chi connectivity index (χ0v) is 16.7. The van der Waals surface area contributed by atoms with E-state index in [1.807, 2.05) is 6.92 Å². The number of hydrogen-bond donors (Lipinski definition) is 0. The number of pyridine rings is 1. The summed E-state index contributed by atoms with van der Waals surface area (Å²) < 4.78 is 0. The second kappa shape index (κ2) is 6.47. The van der Waals surface area contributed by atoms with Crippen molar-refractivity contribution >= 4 is 17.3 Å². The number of hydrogen-bond acceptors (Lipinski definition) is 3. The Bertz CT molecular complexity index is 959. The monoisotopic (exact) mass is 373 g/mol. The number of carbonyl (C=O) groups excluding carboxylic acids is 1. The van der Waals surface area contributed by atoms with E-state index < -0.39 is 0 Å². The molecular weight excluding hydrogens is 346 g/mol. The summed E-state index contributed by atoms with van der Waals surface area (Å²) in [5.74, 6) is 1.36. The first-order valence-corrected chi connectivity index (χ1v) is 10.3. The number of rotatable bonds is 3. The molecule has 0 saturated carbocycles. The fraction of sp³-hybridized carbons (Fsp3) is 0.417. The van der Waals surface area contributed by atoms with E-state index >= 15 is 0 Å². The van der Waals surface area contributed by atoms with Crippen LogP contribution in [0.1, 0.15) is 35.2 Å². The van der Waals surface area contributed by atoms with Crippen LogP contribution in [0.5, 0.6) is 0 Å². The summed E-state index contributed by atoms with van der Waals surface area (Å²) in [6.07, 6.45) is 5.18. The Balaban J connectivity index is 1.31. The van der Waals surface area contributed by atoms with Crippen LogP contribution in [0.2, 0.25) is 0 Å². The zero-order valence-electron chi connectivity index (χ0n) is 16.7. The number of allylic oxidation sites excluding steroid dienone is 1. The topological polar surface area (TPSA) is 36.4 Å². The Labute approximate surface area is 166 Å². The Hall–Kier alpha value is -2.62. The largest absolute Gasteiger partial charge is 0.355 e. The fourth-order valence-corrected chi connectivity index (χ4v) is 5.18. The lowest BCUT2D eigenvalue weighted by molar-refractivity contribution is -0.134. The molecule has 1 aromatic carbocycles. The summed E-state index contributed by atoms with van der Waals surface area (Å²) in [7, 11) is 0. The van der Waals surface area contributed by atoms with Crippen LogP contribution in [0.3, 0.4) is 0 Å². The van der Waals surface area contributed by atoms with E-state index in [4.69, 9.17) is 4.98 Å². The van der Waals surface area contributed by atoms with Crippen LogP contribution in [-0.2, 0) is 11.2 Å². The van der Waals surface area contributed by atoms with E-state index in [0.29, 0.717) is 5.91 Å². The molecule has 4 nitrogen and oxygen atoms in total. The molecule has 1 amide bonds. The van der Waals surface area contributed by atoms with Crippen molar-refractivity contribution in [3.8, 4) is 0 Å². The molecule has 0 N–H and O–H groups in total. The van der Waals surface area contributed by atoms with E-state index in [9.17, 15) is 4.79 Å². The van der Waals surface area contributed by atoms with Gasteiger partial charge in [0.2, 0.25) is 5.91 Å². The number of carbonyl (C=O) groups is 1. The van der Waals surface area contributed by atoms with Crippen LogP contribution in [0.25, 0.3) is 5.57 Å². The summed E-state index contributed by atoms with van der Waals surface area (Å²) in [5.41, 5.74) is 6.07. The molecule has 144 valence electrons. The highest BCUT2D eigenvalue weighted by Crippen LogP contribution is 2.43. The van der Waals surface area contributed by atoms with E-state index in [1.54, 1.807) is 0 Å². The maximum Gasteiger partial charge on any atom is 0.231 e. The number of anilines is 1. The normalized spacial score (nSPS) is 23.6. The molecule has 1 atom stereocenters. The first-order valence-electron chi connectivity index (χ1n) is 10.3. The van der Waals surface area contributed by atoms with Crippen LogP contribution in [-0.4, -0.2) is 42.0 Å². The molecule has 2 fully saturated rings. The summed E-state index contributed by atoms with van der Waals surface area (Å²) >= 11 is 0. The second-order valence-electron chi connectivity index (χ2n) is 8.66. The van der Waals surface area contributed by atoms with Crippen molar-refractivity contribution in [2.24, 2.45) is 5.41 Å². The predicted octanol–water partition coefficient (Wildman–Crippen LogP) is 3.77. The van der Waals surface area contributed by atoms with Gasteiger partial charge in [0.05, 0.1) is 5.41 Å². The molecule has 2 aromatic rings. The fourth-order valence-electron chi connectivity index (χ4n) is 5.18. The molecule has 4 heteroatoms. The van der Waals surface area contributed by atoms with Crippen LogP contribution in [0.15, 0.2) is 42.5 Å². The van der Waals surface area contributed by atoms with Crippen molar-refractivity contribution in [1.82, 2.24) is 9.88 Å². The molecule has 1 aromatic heterocycles. The minimum absolute atomic E-state index is 0.224. The lowest BCUT2D eigenvalue weighted by atomic mass is 9.85. The van der Waals surface area contributed by atoms with Crippen LogP contribution in [0.4, 0.5) is 5.82 Å². The molecule has 3 heterocycles. The lowest BCUT2D eigenvalue weighted by Crippen LogP contribution is -2.37. The third kappa shape index (κ3) is 2.83. The molecule has 2 saturated heterocycles. The van der Waals surface area contributed by atoms with Gasteiger partial charge in [-0.2, -0.15) is 0 Å². The van der Waals surface area contributed by atoms with Gasteiger partial charge in [-0.1, -0.05) is 30.3 Å². The third-order valence-corrected chi connectivity index (χ3v) is 6.66. The van der Waals surface area contributed by atoms with Gasteiger partial charge in [-0.05, 0) is 67.5 Å². The standard InChI is InChI=1S/C24H27N3O/c1-17-13-18(2)25-22(14-17)27-12-10-24(16-27)9-11-26(23(24)28)15-20-8-7-19-5-3-4-6-21(19)20/h3-6,8,13-14H,7,9-12,15-16H2,1-2H3. The summed E-state index contributed by atoms with van der Waals surface area (Å²) in [5, 5.41) is 0. The third-order valence-electron chi connectivity index (χ3n) is 6.66. The minimum atomic E-state index is -0.224. The van der Waals surface area contributed by atoms with Crippen LogP contribution in [0, 0.1) is 19.3 Å². The Kier molecular flexibility index (Phi) is 4.04. The molecular formula is C24H27N3O. The Morgan fingerprint density at radius 3 is 2.79 bits per heavy atom. The highest BCUT2D eigenvalue weighted by molar-refractivity contribution is 5.88. The molecule has 28 heavy (non-hydrogen) atoms. The molecule has 3 aliphatic rings. The van der Waals surface area contributed by atoms with Crippen molar-refractivity contribution in [2.45, 2.75) is 33.1 Å². The van der Waals surface area contributed by atoms with Crippen molar-refractivity contribution in [3.63, 3.8) is 0 Å². The summed E-state index contributed by atoms with van der Waals surface area (Å²) in [6, 6.07) is 12.8. The molecule has 5 rings (SSSR count). The van der Waals surface area contributed by atoms with Gasteiger partial charge in [0.25, 0.3) is 0 Å². The lowest BCUT2D eigenvalue weighted by Gasteiger charge is -2.25. The van der Waals surface area contributed by atoms with E-state index in [2.05, 4.69) is 59.2 Å². The molecule has 0 radical (unpaired) electrons. The first kappa shape index (κ1) is 17.5. The molecule has 1 aliphatic carbocycles. The van der Waals surface area contributed by atoms with Gasteiger partial charge in [0.1, 0.15) is 5.82 Å². The summed E-state index contributed by atoms with van der Waals surface area (Å²) in [6.45, 7) is 7.48. The number of amides is 1. The average molecular weight is 374 g/mol. The van der Waals surface area contributed by atoms with E-state index in [0.717, 1.165) is 57.0 Å². The number of aromatic nitrogens is 1. The number of benzene rings is 1. The Morgan fingerprint density at radius 1 is 1.11 bits per heavy atom. The summed E-state index contributed by atoms with van der Waals surface area (Å²) in [4.78, 5) is 22.5. The minimum Gasteiger partial charge on any atom is -0.355 e. The van der Waals surface area contributed by atoms with E-state index in [-0.39, 0.29) is 5.41 Å². The number of nitrogens with zero attached hydrogens (tertiary/aromatic N) is 3. The number of aryl methyl sites for hydroxylation is 2. The molecule has 1 spiro atoms. The number of likely N-dealkylation sites (tertiary alicyclic amines) is 1. The van der Waals surface area contributed by atoms with Crippen molar-refractivity contribution in [1.29, 1.82) is 0 Å². The van der Waals surface area contributed by atoms with Gasteiger partial charge in [0.15, 0.2) is 0 Å². The van der Waals surface area contributed by atoms with Crippen molar-refractivity contribution in [3.05, 3.63) is 64.9 Å². The van der Waals surface area contributed by atoms with Crippen molar-refractivity contribution < 1.29 is 4.79 Å². The van der Waals surface area contributed by atoms with Gasteiger partial charge < -0.3 is 9.80 Å². The smallest absolute Gasteiger partial charge is 0.231 e. The highest BCUT2D eigenvalue weighted by Gasteiger charge is 2.51. The maximum absolute atomic E-state index is 13.4. The quantitative estimate of drug-likeness (QED) is 0.822.